The Hall–Kier alpha value is -1.06. The molecule has 1 saturated heterocycles. The maximum absolute atomic E-state index is 6.07. The Morgan fingerprint density at radius 2 is 1.38 bits per heavy atom. The van der Waals surface area contributed by atoms with E-state index < -0.39 is 0 Å². The minimum Gasteiger partial charge on any atom is -0.325 e. The van der Waals surface area contributed by atoms with Crippen molar-refractivity contribution in [2.24, 2.45) is 5.73 Å². The molecule has 0 unspecified atom stereocenters. The Balaban J connectivity index is 1.98. The molecule has 2 N–H and O–H groups in total. The molecule has 0 bridgehead atoms. The van der Waals surface area contributed by atoms with Crippen molar-refractivity contribution in [2.75, 3.05) is 6.54 Å². The molecule has 0 aromatic heterocycles. The van der Waals surface area contributed by atoms with Crippen molar-refractivity contribution in [3.05, 3.63) is 69.7 Å². The normalized spacial score (nSPS) is 22.3. The highest BCUT2D eigenvalue weighted by molar-refractivity contribution is 6.30. The van der Waals surface area contributed by atoms with Gasteiger partial charge >= 0.3 is 0 Å². The lowest BCUT2D eigenvalue weighted by Gasteiger charge is -2.49. The first-order chi connectivity index (χ1) is 10.1. The van der Waals surface area contributed by atoms with Crippen LogP contribution in [0.1, 0.15) is 24.1 Å². The van der Waals surface area contributed by atoms with Gasteiger partial charge < -0.3 is 5.73 Å². The van der Waals surface area contributed by atoms with Crippen molar-refractivity contribution in [3.63, 3.8) is 0 Å². The molecule has 2 aromatic carbocycles. The van der Waals surface area contributed by atoms with Gasteiger partial charge in [-0.3, -0.25) is 4.90 Å². The van der Waals surface area contributed by atoms with Gasteiger partial charge in [-0.15, -0.1) is 0 Å². The van der Waals surface area contributed by atoms with Crippen LogP contribution in [0, 0.1) is 0 Å². The molecule has 1 aliphatic heterocycles. The number of halogens is 2. The molecule has 21 heavy (non-hydrogen) atoms. The summed E-state index contributed by atoms with van der Waals surface area (Å²) >= 11 is 12.0. The highest BCUT2D eigenvalue weighted by Gasteiger charge is 2.38. The fraction of sp³-hybridized carbons (Fsp3) is 0.294. The third kappa shape index (κ3) is 2.95. The predicted molar refractivity (Wildman–Crippen MR) is 88.9 cm³/mol. The molecule has 2 nitrogen and oxygen atoms in total. The molecule has 0 spiro atoms. The van der Waals surface area contributed by atoms with Crippen LogP contribution in [0.5, 0.6) is 0 Å². The van der Waals surface area contributed by atoms with Crippen molar-refractivity contribution in [1.82, 2.24) is 4.90 Å². The van der Waals surface area contributed by atoms with Gasteiger partial charge in [-0.2, -0.15) is 0 Å². The smallest absolute Gasteiger partial charge is 0.0605 e. The van der Waals surface area contributed by atoms with E-state index in [4.69, 9.17) is 28.9 Å². The number of rotatable bonds is 3. The Labute approximate surface area is 135 Å². The van der Waals surface area contributed by atoms with Crippen LogP contribution in [0.4, 0.5) is 0 Å². The van der Waals surface area contributed by atoms with Gasteiger partial charge in [-0.1, -0.05) is 47.5 Å². The summed E-state index contributed by atoms with van der Waals surface area (Å²) in [6, 6.07) is 16.9. The van der Waals surface area contributed by atoms with Crippen molar-refractivity contribution in [1.29, 1.82) is 0 Å². The van der Waals surface area contributed by atoms with Crippen LogP contribution in [0.25, 0.3) is 0 Å². The van der Waals surface area contributed by atoms with Gasteiger partial charge in [0.15, 0.2) is 0 Å². The standard InChI is InChI=1S/C17H18Cl2N2/c1-11-16(20)10-21(11)17(12-2-6-14(18)7-3-12)13-4-8-15(19)9-5-13/h2-9,11,16-17H,10,20H2,1H3/t11-,16+/m1/s1. The summed E-state index contributed by atoms with van der Waals surface area (Å²) in [7, 11) is 0. The molecule has 1 fully saturated rings. The highest BCUT2D eigenvalue weighted by atomic mass is 35.5. The van der Waals surface area contributed by atoms with E-state index in [9.17, 15) is 0 Å². The predicted octanol–water partition coefficient (Wildman–Crippen LogP) is 4.11. The summed E-state index contributed by atoms with van der Waals surface area (Å²) in [6.45, 7) is 3.07. The van der Waals surface area contributed by atoms with E-state index in [1.165, 1.54) is 11.1 Å². The van der Waals surface area contributed by atoms with Crippen LogP contribution in [0.15, 0.2) is 48.5 Å². The van der Waals surface area contributed by atoms with E-state index in [0.717, 1.165) is 16.6 Å². The summed E-state index contributed by atoms with van der Waals surface area (Å²) in [6.07, 6.45) is 0. The average molecular weight is 321 g/mol. The molecule has 2 aromatic rings. The second kappa shape index (κ2) is 5.98. The SMILES string of the molecule is C[C@@H]1[C@@H](N)CN1C(c1ccc(Cl)cc1)c1ccc(Cl)cc1. The van der Waals surface area contributed by atoms with Crippen LogP contribution in [-0.2, 0) is 0 Å². The minimum absolute atomic E-state index is 0.189. The summed E-state index contributed by atoms with van der Waals surface area (Å²) in [5.41, 5.74) is 8.52. The monoisotopic (exact) mass is 320 g/mol. The topological polar surface area (TPSA) is 29.3 Å². The number of hydrogen-bond donors (Lipinski definition) is 1. The molecule has 0 aliphatic carbocycles. The molecule has 2 atom stereocenters. The van der Waals surface area contributed by atoms with Gasteiger partial charge in [0.05, 0.1) is 6.04 Å². The van der Waals surface area contributed by atoms with Gasteiger partial charge in [0, 0.05) is 28.7 Å². The first kappa shape index (κ1) is 14.9. The number of hydrogen-bond acceptors (Lipinski definition) is 2. The number of nitrogens with zero attached hydrogens (tertiary/aromatic N) is 1. The Bertz CT molecular complexity index is 564. The summed E-state index contributed by atoms with van der Waals surface area (Å²) in [5, 5.41) is 1.50. The van der Waals surface area contributed by atoms with E-state index in [-0.39, 0.29) is 12.1 Å². The first-order valence-electron chi connectivity index (χ1n) is 7.08. The van der Waals surface area contributed by atoms with Gasteiger partial charge in [-0.05, 0) is 42.3 Å². The fourth-order valence-electron chi connectivity index (χ4n) is 2.88. The second-order valence-electron chi connectivity index (χ2n) is 5.61. The van der Waals surface area contributed by atoms with E-state index in [2.05, 4.69) is 36.1 Å². The Kier molecular flexibility index (Phi) is 4.23. The van der Waals surface area contributed by atoms with Crippen molar-refractivity contribution >= 4 is 23.2 Å². The van der Waals surface area contributed by atoms with Crippen LogP contribution >= 0.6 is 23.2 Å². The number of likely N-dealkylation sites (tertiary alicyclic amines) is 1. The molecular formula is C17H18Cl2N2. The average Bonchev–Trinajstić information content (AvgIpc) is 2.50. The maximum Gasteiger partial charge on any atom is 0.0605 e. The molecule has 1 heterocycles. The highest BCUT2D eigenvalue weighted by Crippen LogP contribution is 2.36. The number of benzene rings is 2. The molecular weight excluding hydrogens is 303 g/mol. The molecule has 0 radical (unpaired) electrons. The Morgan fingerprint density at radius 3 is 1.71 bits per heavy atom. The largest absolute Gasteiger partial charge is 0.325 e. The molecule has 0 saturated carbocycles. The van der Waals surface area contributed by atoms with Crippen molar-refractivity contribution in [2.45, 2.75) is 25.0 Å². The molecule has 4 heteroatoms. The van der Waals surface area contributed by atoms with Crippen LogP contribution < -0.4 is 5.73 Å². The van der Waals surface area contributed by atoms with Gasteiger partial charge in [0.2, 0.25) is 0 Å². The molecule has 3 rings (SSSR count). The lowest BCUT2D eigenvalue weighted by atomic mass is 9.89. The zero-order chi connectivity index (χ0) is 15.0. The third-order valence-corrected chi connectivity index (χ3v) is 4.77. The van der Waals surface area contributed by atoms with Gasteiger partial charge in [-0.25, -0.2) is 0 Å². The van der Waals surface area contributed by atoms with E-state index in [0.29, 0.717) is 6.04 Å². The van der Waals surface area contributed by atoms with E-state index >= 15 is 0 Å². The Morgan fingerprint density at radius 1 is 0.952 bits per heavy atom. The minimum atomic E-state index is 0.189. The van der Waals surface area contributed by atoms with E-state index in [1.807, 2.05) is 24.3 Å². The zero-order valence-electron chi connectivity index (χ0n) is 11.8. The molecule has 0 amide bonds. The van der Waals surface area contributed by atoms with E-state index in [1.54, 1.807) is 0 Å². The summed E-state index contributed by atoms with van der Waals surface area (Å²) in [4.78, 5) is 2.41. The fourth-order valence-corrected chi connectivity index (χ4v) is 3.13. The van der Waals surface area contributed by atoms with Crippen molar-refractivity contribution < 1.29 is 0 Å². The van der Waals surface area contributed by atoms with Crippen LogP contribution in [0.3, 0.4) is 0 Å². The van der Waals surface area contributed by atoms with Crippen LogP contribution in [-0.4, -0.2) is 23.5 Å². The maximum atomic E-state index is 6.07. The lowest BCUT2D eigenvalue weighted by Crippen LogP contribution is -2.63. The summed E-state index contributed by atoms with van der Waals surface area (Å²) in [5.74, 6) is 0. The third-order valence-electron chi connectivity index (χ3n) is 4.27. The van der Waals surface area contributed by atoms with Gasteiger partial charge in [0.25, 0.3) is 0 Å². The van der Waals surface area contributed by atoms with Crippen LogP contribution in [0.2, 0.25) is 10.0 Å². The summed E-state index contributed by atoms with van der Waals surface area (Å²) < 4.78 is 0. The van der Waals surface area contributed by atoms with Gasteiger partial charge in [0.1, 0.15) is 0 Å². The first-order valence-corrected chi connectivity index (χ1v) is 7.84. The zero-order valence-corrected chi connectivity index (χ0v) is 13.4. The van der Waals surface area contributed by atoms with Crippen molar-refractivity contribution in [3.8, 4) is 0 Å². The molecule has 1 aliphatic rings. The second-order valence-corrected chi connectivity index (χ2v) is 6.48. The molecule has 110 valence electrons. The number of nitrogens with two attached hydrogens (primary N) is 1. The quantitative estimate of drug-likeness (QED) is 0.922. The lowest BCUT2D eigenvalue weighted by molar-refractivity contribution is 0.0447.